The molecule has 5 heteroatoms. The highest BCUT2D eigenvalue weighted by molar-refractivity contribution is 9.10. The molecule has 1 saturated heterocycles. The Kier molecular flexibility index (Phi) is 3.25. The van der Waals surface area contributed by atoms with E-state index in [1.165, 1.54) is 6.07 Å². The Labute approximate surface area is 102 Å². The zero-order valence-corrected chi connectivity index (χ0v) is 10.4. The smallest absolute Gasteiger partial charge is 0.258 e. The van der Waals surface area contributed by atoms with Gasteiger partial charge in [0.15, 0.2) is 0 Å². The van der Waals surface area contributed by atoms with E-state index in [2.05, 4.69) is 21.2 Å². The summed E-state index contributed by atoms with van der Waals surface area (Å²) in [4.78, 5) is 13.6. The van der Waals surface area contributed by atoms with E-state index in [9.17, 15) is 9.18 Å². The summed E-state index contributed by atoms with van der Waals surface area (Å²) in [6.07, 6.45) is 0. The van der Waals surface area contributed by atoms with Crippen LogP contribution in [-0.4, -0.2) is 37.0 Å². The monoisotopic (exact) mass is 286 g/mol. The molecule has 3 nitrogen and oxygen atoms in total. The molecule has 1 aromatic rings. The average molecular weight is 287 g/mol. The predicted molar refractivity (Wildman–Crippen MR) is 62.9 cm³/mol. The van der Waals surface area contributed by atoms with Crippen molar-refractivity contribution in [1.29, 1.82) is 0 Å². The first-order valence-corrected chi connectivity index (χ1v) is 5.82. The molecule has 1 fully saturated rings. The first kappa shape index (κ1) is 11.5. The minimum Gasteiger partial charge on any atom is -0.336 e. The van der Waals surface area contributed by atoms with E-state index in [1.807, 2.05) is 0 Å². The Morgan fingerprint density at radius 2 is 2.25 bits per heavy atom. The van der Waals surface area contributed by atoms with Gasteiger partial charge in [0.1, 0.15) is 5.82 Å². The van der Waals surface area contributed by atoms with Crippen molar-refractivity contribution < 1.29 is 9.18 Å². The Morgan fingerprint density at radius 1 is 1.56 bits per heavy atom. The number of nitrogens with zero attached hydrogens (tertiary/aromatic N) is 1. The van der Waals surface area contributed by atoms with Crippen molar-refractivity contribution in [3.8, 4) is 0 Å². The van der Waals surface area contributed by atoms with Crippen molar-refractivity contribution in [3.05, 3.63) is 34.1 Å². The third kappa shape index (κ3) is 1.97. The highest BCUT2D eigenvalue weighted by Gasteiger charge is 2.28. The third-order valence-electron chi connectivity index (χ3n) is 2.80. The second kappa shape index (κ2) is 4.51. The van der Waals surface area contributed by atoms with Crippen LogP contribution in [0.5, 0.6) is 0 Å². The summed E-state index contributed by atoms with van der Waals surface area (Å²) in [5, 5.41) is 3.08. The number of nitrogens with one attached hydrogen (secondary N) is 1. The molecule has 1 aliphatic heterocycles. The minimum absolute atomic E-state index is 0.108. The van der Waals surface area contributed by atoms with Crippen LogP contribution in [0.1, 0.15) is 10.4 Å². The number of carbonyl (C=O) groups is 1. The molecule has 2 rings (SSSR count). The first-order chi connectivity index (χ1) is 7.61. The van der Waals surface area contributed by atoms with E-state index in [-0.39, 0.29) is 17.5 Å². The molecule has 0 radical (unpaired) electrons. The molecule has 1 N–H and O–H groups in total. The number of carbonyl (C=O) groups excluding carboxylic acids is 1. The van der Waals surface area contributed by atoms with Gasteiger partial charge in [0.05, 0.1) is 11.6 Å². The van der Waals surface area contributed by atoms with Crippen molar-refractivity contribution in [3.63, 3.8) is 0 Å². The summed E-state index contributed by atoms with van der Waals surface area (Å²) in [7, 11) is 1.70. The van der Waals surface area contributed by atoms with E-state index in [4.69, 9.17) is 0 Å². The van der Waals surface area contributed by atoms with Crippen molar-refractivity contribution in [2.75, 3.05) is 20.1 Å². The topological polar surface area (TPSA) is 32.3 Å². The van der Waals surface area contributed by atoms with Crippen LogP contribution in [0.3, 0.4) is 0 Å². The van der Waals surface area contributed by atoms with Crippen LogP contribution in [0.25, 0.3) is 0 Å². The lowest BCUT2D eigenvalue weighted by atomic mass is 10.1. The Bertz CT molecular complexity index is 400. The maximum absolute atomic E-state index is 13.6. The molecule has 1 heterocycles. The van der Waals surface area contributed by atoms with Crippen LogP contribution in [0.4, 0.5) is 4.39 Å². The Morgan fingerprint density at radius 3 is 2.75 bits per heavy atom. The molecule has 1 amide bonds. The van der Waals surface area contributed by atoms with E-state index in [0.29, 0.717) is 4.47 Å². The molecule has 1 aromatic carbocycles. The van der Waals surface area contributed by atoms with Gasteiger partial charge < -0.3 is 10.2 Å². The van der Waals surface area contributed by atoms with Crippen LogP contribution < -0.4 is 5.32 Å². The fraction of sp³-hybridized carbons (Fsp3) is 0.364. The molecule has 0 unspecified atom stereocenters. The molecule has 0 atom stereocenters. The largest absolute Gasteiger partial charge is 0.336 e. The zero-order valence-electron chi connectivity index (χ0n) is 8.84. The summed E-state index contributed by atoms with van der Waals surface area (Å²) in [6, 6.07) is 4.70. The number of hydrogen-bond acceptors (Lipinski definition) is 2. The highest BCUT2D eigenvalue weighted by atomic mass is 79.9. The third-order valence-corrected chi connectivity index (χ3v) is 3.47. The number of hydrogen-bond donors (Lipinski definition) is 1. The highest BCUT2D eigenvalue weighted by Crippen LogP contribution is 2.22. The van der Waals surface area contributed by atoms with Gasteiger partial charge in [-0.05, 0) is 28.1 Å². The second-order valence-corrected chi connectivity index (χ2v) is 4.68. The van der Waals surface area contributed by atoms with E-state index in [1.54, 1.807) is 24.1 Å². The number of benzene rings is 1. The molecule has 0 saturated carbocycles. The van der Waals surface area contributed by atoms with Gasteiger partial charge in [-0.15, -0.1) is 0 Å². The zero-order chi connectivity index (χ0) is 11.7. The molecule has 1 aliphatic rings. The van der Waals surface area contributed by atoms with Gasteiger partial charge in [-0.1, -0.05) is 6.07 Å². The van der Waals surface area contributed by atoms with Crippen LogP contribution in [-0.2, 0) is 0 Å². The van der Waals surface area contributed by atoms with Gasteiger partial charge in [-0.2, -0.15) is 0 Å². The second-order valence-electron chi connectivity index (χ2n) is 3.82. The molecule has 0 spiro atoms. The molecule has 0 aliphatic carbocycles. The van der Waals surface area contributed by atoms with Crippen molar-refractivity contribution >= 4 is 21.8 Å². The quantitative estimate of drug-likeness (QED) is 0.896. The Balaban J connectivity index is 2.26. The number of likely N-dealkylation sites (N-methyl/N-ethyl adjacent to an activating group) is 1. The van der Waals surface area contributed by atoms with Crippen LogP contribution in [0.2, 0.25) is 0 Å². The summed E-state index contributed by atoms with van der Waals surface area (Å²) < 4.78 is 14.1. The Hall–Kier alpha value is -0.940. The fourth-order valence-electron chi connectivity index (χ4n) is 1.59. The van der Waals surface area contributed by atoms with Gasteiger partial charge >= 0.3 is 0 Å². The molecule has 86 valence electrons. The SMILES string of the molecule is CN(C(=O)c1c(F)cccc1Br)C1CNC1. The van der Waals surface area contributed by atoms with Crippen molar-refractivity contribution in [2.24, 2.45) is 0 Å². The summed E-state index contributed by atoms with van der Waals surface area (Å²) in [5.74, 6) is -0.769. The minimum atomic E-state index is -0.487. The number of halogens is 2. The van der Waals surface area contributed by atoms with E-state index in [0.717, 1.165) is 13.1 Å². The van der Waals surface area contributed by atoms with Gasteiger partial charge in [0, 0.05) is 24.6 Å². The summed E-state index contributed by atoms with van der Waals surface area (Å²) in [5.41, 5.74) is 0.108. The van der Waals surface area contributed by atoms with Gasteiger partial charge in [-0.3, -0.25) is 4.79 Å². The summed E-state index contributed by atoms with van der Waals surface area (Å²) in [6.45, 7) is 1.54. The predicted octanol–water partition coefficient (Wildman–Crippen LogP) is 1.63. The molecular formula is C11H12BrFN2O. The van der Waals surface area contributed by atoms with Crippen molar-refractivity contribution in [2.45, 2.75) is 6.04 Å². The number of rotatable bonds is 2. The lowest BCUT2D eigenvalue weighted by molar-refractivity contribution is 0.0675. The molecule has 16 heavy (non-hydrogen) atoms. The van der Waals surface area contributed by atoms with Crippen molar-refractivity contribution in [1.82, 2.24) is 10.2 Å². The van der Waals surface area contributed by atoms with E-state index < -0.39 is 5.82 Å². The van der Waals surface area contributed by atoms with E-state index >= 15 is 0 Å². The van der Waals surface area contributed by atoms with Crippen LogP contribution in [0, 0.1) is 5.82 Å². The maximum atomic E-state index is 13.6. The fourth-order valence-corrected chi connectivity index (χ4v) is 2.10. The average Bonchev–Trinajstić information content (AvgIpc) is 2.14. The van der Waals surface area contributed by atoms with Crippen LogP contribution in [0.15, 0.2) is 22.7 Å². The van der Waals surface area contributed by atoms with Gasteiger partial charge in [-0.25, -0.2) is 4.39 Å². The number of amides is 1. The first-order valence-electron chi connectivity index (χ1n) is 5.03. The molecular weight excluding hydrogens is 275 g/mol. The lowest BCUT2D eigenvalue weighted by Gasteiger charge is -2.35. The maximum Gasteiger partial charge on any atom is 0.258 e. The normalized spacial score (nSPS) is 15.7. The van der Waals surface area contributed by atoms with Gasteiger partial charge in [0.25, 0.3) is 5.91 Å². The standard InChI is InChI=1S/C11H12BrFN2O/c1-15(7-5-14-6-7)11(16)10-8(12)3-2-4-9(10)13/h2-4,7,14H,5-6H2,1H3. The van der Waals surface area contributed by atoms with Crippen LogP contribution >= 0.6 is 15.9 Å². The molecule has 0 aromatic heterocycles. The lowest BCUT2D eigenvalue weighted by Crippen LogP contribution is -2.57. The summed E-state index contributed by atoms with van der Waals surface area (Å²) >= 11 is 3.20. The molecule has 0 bridgehead atoms. The van der Waals surface area contributed by atoms with Gasteiger partial charge in [0.2, 0.25) is 0 Å².